The standard InChI is InChI=1S/C14H22N4O/c1-8(7-19-5)6-18-10(3)9(2)12-13(15)16-11(4)17-14(12)18/h8H,6-7H2,1-5H3,(H2,15,16,17). The van der Waals surface area contributed by atoms with Crippen LogP contribution in [-0.2, 0) is 11.3 Å². The minimum absolute atomic E-state index is 0.426. The zero-order valence-electron chi connectivity index (χ0n) is 12.3. The molecule has 0 saturated heterocycles. The number of nitrogens with two attached hydrogens (primary N) is 1. The first-order valence-electron chi connectivity index (χ1n) is 6.54. The van der Waals surface area contributed by atoms with Crippen molar-refractivity contribution in [1.82, 2.24) is 14.5 Å². The van der Waals surface area contributed by atoms with E-state index in [1.54, 1.807) is 7.11 Å². The summed E-state index contributed by atoms with van der Waals surface area (Å²) in [5, 5.41) is 0.979. The van der Waals surface area contributed by atoms with Crippen LogP contribution in [0.15, 0.2) is 0 Å². The van der Waals surface area contributed by atoms with Gasteiger partial charge in [0.25, 0.3) is 0 Å². The largest absolute Gasteiger partial charge is 0.384 e. The quantitative estimate of drug-likeness (QED) is 0.917. The second-order valence-electron chi connectivity index (χ2n) is 5.24. The molecule has 0 bridgehead atoms. The lowest BCUT2D eigenvalue weighted by atomic mass is 10.2. The van der Waals surface area contributed by atoms with E-state index in [1.165, 1.54) is 5.69 Å². The molecular formula is C14H22N4O. The normalized spacial score (nSPS) is 13.1. The van der Waals surface area contributed by atoms with Crippen molar-refractivity contribution >= 4 is 16.9 Å². The molecule has 5 heteroatoms. The summed E-state index contributed by atoms with van der Waals surface area (Å²) in [6.45, 7) is 9.82. The molecule has 5 nitrogen and oxygen atoms in total. The van der Waals surface area contributed by atoms with E-state index in [1.807, 2.05) is 6.92 Å². The van der Waals surface area contributed by atoms with Gasteiger partial charge in [-0.2, -0.15) is 0 Å². The molecule has 0 aliphatic carbocycles. The Balaban J connectivity index is 2.57. The lowest BCUT2D eigenvalue weighted by Crippen LogP contribution is -2.14. The number of hydrogen-bond acceptors (Lipinski definition) is 4. The Hall–Kier alpha value is -1.62. The van der Waals surface area contributed by atoms with E-state index in [9.17, 15) is 0 Å². The van der Waals surface area contributed by atoms with Crippen LogP contribution >= 0.6 is 0 Å². The maximum absolute atomic E-state index is 6.04. The van der Waals surface area contributed by atoms with E-state index >= 15 is 0 Å². The molecule has 2 rings (SSSR count). The molecule has 0 amide bonds. The van der Waals surface area contributed by atoms with Crippen LogP contribution in [-0.4, -0.2) is 28.3 Å². The van der Waals surface area contributed by atoms with Crippen LogP contribution in [0.1, 0.15) is 24.0 Å². The van der Waals surface area contributed by atoms with Crippen LogP contribution in [0.2, 0.25) is 0 Å². The summed E-state index contributed by atoms with van der Waals surface area (Å²) in [5.74, 6) is 1.71. The van der Waals surface area contributed by atoms with E-state index in [4.69, 9.17) is 10.5 Å². The predicted molar refractivity (Wildman–Crippen MR) is 77.2 cm³/mol. The summed E-state index contributed by atoms with van der Waals surface area (Å²) in [7, 11) is 1.73. The maximum atomic E-state index is 6.04. The average Bonchev–Trinajstić information content (AvgIpc) is 2.54. The first-order valence-corrected chi connectivity index (χ1v) is 6.54. The Morgan fingerprint density at radius 1 is 1.26 bits per heavy atom. The average molecular weight is 262 g/mol. The van der Waals surface area contributed by atoms with Crippen molar-refractivity contribution in [3.63, 3.8) is 0 Å². The molecule has 0 aliphatic rings. The number of aromatic nitrogens is 3. The monoisotopic (exact) mass is 262 g/mol. The van der Waals surface area contributed by atoms with Crippen molar-refractivity contribution in [2.24, 2.45) is 5.92 Å². The smallest absolute Gasteiger partial charge is 0.146 e. The highest BCUT2D eigenvalue weighted by molar-refractivity contribution is 5.91. The fourth-order valence-electron chi connectivity index (χ4n) is 2.55. The van der Waals surface area contributed by atoms with Gasteiger partial charge >= 0.3 is 0 Å². The molecule has 2 aromatic rings. The molecule has 0 fully saturated rings. The molecule has 2 aromatic heterocycles. The van der Waals surface area contributed by atoms with Gasteiger partial charge in [0.15, 0.2) is 0 Å². The topological polar surface area (TPSA) is 66.0 Å². The van der Waals surface area contributed by atoms with Gasteiger partial charge in [0.2, 0.25) is 0 Å². The molecule has 0 radical (unpaired) electrons. The minimum Gasteiger partial charge on any atom is -0.384 e. The predicted octanol–water partition coefficient (Wildman–Crippen LogP) is 2.22. The number of ether oxygens (including phenoxy) is 1. The molecule has 0 aliphatic heterocycles. The van der Waals surface area contributed by atoms with Crippen molar-refractivity contribution in [2.45, 2.75) is 34.2 Å². The molecule has 2 heterocycles. The van der Waals surface area contributed by atoms with Gasteiger partial charge in [0.1, 0.15) is 17.3 Å². The number of aryl methyl sites for hydroxylation is 2. The Morgan fingerprint density at radius 3 is 2.58 bits per heavy atom. The second kappa shape index (κ2) is 5.17. The number of anilines is 1. The van der Waals surface area contributed by atoms with Crippen molar-refractivity contribution in [1.29, 1.82) is 0 Å². The van der Waals surface area contributed by atoms with Gasteiger partial charge in [-0.05, 0) is 32.3 Å². The summed E-state index contributed by atoms with van der Waals surface area (Å²) in [6, 6.07) is 0. The summed E-state index contributed by atoms with van der Waals surface area (Å²) in [6.07, 6.45) is 0. The SMILES string of the molecule is COCC(C)Cn1c(C)c(C)c2c(N)nc(C)nc21. The lowest BCUT2D eigenvalue weighted by Gasteiger charge is -2.14. The molecule has 0 saturated carbocycles. The van der Waals surface area contributed by atoms with Gasteiger partial charge in [0.05, 0.1) is 12.0 Å². The molecular weight excluding hydrogens is 240 g/mol. The summed E-state index contributed by atoms with van der Waals surface area (Å²) >= 11 is 0. The highest BCUT2D eigenvalue weighted by atomic mass is 16.5. The van der Waals surface area contributed by atoms with Crippen LogP contribution in [0.3, 0.4) is 0 Å². The molecule has 19 heavy (non-hydrogen) atoms. The molecule has 1 atom stereocenters. The molecule has 2 N–H and O–H groups in total. The Bertz CT molecular complexity index is 603. The van der Waals surface area contributed by atoms with E-state index in [-0.39, 0.29) is 0 Å². The van der Waals surface area contributed by atoms with E-state index < -0.39 is 0 Å². The zero-order valence-corrected chi connectivity index (χ0v) is 12.3. The highest BCUT2D eigenvalue weighted by Gasteiger charge is 2.17. The zero-order chi connectivity index (χ0) is 14.2. The third kappa shape index (κ3) is 2.42. The van der Waals surface area contributed by atoms with Crippen molar-refractivity contribution in [3.8, 4) is 0 Å². The number of hydrogen-bond donors (Lipinski definition) is 1. The molecule has 1 unspecified atom stereocenters. The van der Waals surface area contributed by atoms with Gasteiger partial charge in [-0.15, -0.1) is 0 Å². The van der Waals surface area contributed by atoms with Crippen molar-refractivity contribution in [2.75, 3.05) is 19.5 Å². The summed E-state index contributed by atoms with van der Waals surface area (Å²) < 4.78 is 7.43. The first-order chi connectivity index (χ1) is 8.95. The highest BCUT2D eigenvalue weighted by Crippen LogP contribution is 2.28. The van der Waals surface area contributed by atoms with Gasteiger partial charge in [0, 0.05) is 19.3 Å². The fraction of sp³-hybridized carbons (Fsp3) is 0.571. The van der Waals surface area contributed by atoms with E-state index in [2.05, 4.69) is 35.3 Å². The second-order valence-corrected chi connectivity index (χ2v) is 5.24. The van der Waals surface area contributed by atoms with Gasteiger partial charge in [-0.25, -0.2) is 9.97 Å². The number of nitrogens with zero attached hydrogens (tertiary/aromatic N) is 3. The molecule has 0 spiro atoms. The summed E-state index contributed by atoms with van der Waals surface area (Å²) in [5.41, 5.74) is 9.34. The minimum atomic E-state index is 0.426. The van der Waals surface area contributed by atoms with Crippen LogP contribution in [0.25, 0.3) is 11.0 Å². The fourth-order valence-corrected chi connectivity index (χ4v) is 2.55. The van der Waals surface area contributed by atoms with E-state index in [0.717, 1.165) is 29.7 Å². The molecule has 104 valence electrons. The maximum Gasteiger partial charge on any atom is 0.146 e. The van der Waals surface area contributed by atoms with Crippen LogP contribution < -0.4 is 5.73 Å². The lowest BCUT2D eigenvalue weighted by molar-refractivity contribution is 0.151. The van der Waals surface area contributed by atoms with Crippen LogP contribution in [0.5, 0.6) is 0 Å². The van der Waals surface area contributed by atoms with Crippen molar-refractivity contribution < 1.29 is 4.74 Å². The number of nitrogen functional groups attached to an aromatic ring is 1. The van der Waals surface area contributed by atoms with Gasteiger partial charge in [-0.1, -0.05) is 6.92 Å². The Labute approximate surface area is 113 Å². The van der Waals surface area contributed by atoms with Gasteiger partial charge in [-0.3, -0.25) is 0 Å². The number of rotatable bonds is 4. The first kappa shape index (κ1) is 13.8. The summed E-state index contributed by atoms with van der Waals surface area (Å²) in [4.78, 5) is 8.82. The Kier molecular flexibility index (Phi) is 3.75. The Morgan fingerprint density at radius 2 is 1.95 bits per heavy atom. The van der Waals surface area contributed by atoms with E-state index in [0.29, 0.717) is 17.6 Å². The third-order valence-electron chi connectivity index (χ3n) is 3.55. The number of methoxy groups -OCH3 is 1. The van der Waals surface area contributed by atoms with Crippen LogP contribution in [0.4, 0.5) is 5.82 Å². The molecule has 0 aromatic carbocycles. The number of fused-ring (bicyclic) bond motifs is 1. The third-order valence-corrected chi connectivity index (χ3v) is 3.55. The van der Waals surface area contributed by atoms with Gasteiger partial charge < -0.3 is 15.0 Å². The van der Waals surface area contributed by atoms with Crippen molar-refractivity contribution in [3.05, 3.63) is 17.1 Å². The van der Waals surface area contributed by atoms with Crippen LogP contribution in [0, 0.1) is 26.7 Å².